The fourth-order valence-corrected chi connectivity index (χ4v) is 4.52. The summed E-state index contributed by atoms with van der Waals surface area (Å²) in [5.74, 6) is -4.53. The largest absolute Gasteiger partial charge is 0.391 e. The van der Waals surface area contributed by atoms with Gasteiger partial charge in [-0.2, -0.15) is 13.2 Å². The third-order valence-corrected chi connectivity index (χ3v) is 6.48. The van der Waals surface area contributed by atoms with Gasteiger partial charge in [-0.05, 0) is 36.5 Å². The number of carbonyl (C=O) groups is 5. The van der Waals surface area contributed by atoms with Gasteiger partial charge in [-0.15, -0.1) is 0 Å². The second-order valence-electron chi connectivity index (χ2n) is 8.68. The average molecular weight is 480 g/mol. The number of rotatable bonds is 3. The molecule has 1 aromatic rings. The first-order valence-corrected chi connectivity index (χ1v) is 10.9. The molecule has 182 valence electrons. The second-order valence-corrected chi connectivity index (χ2v) is 8.68. The predicted molar refractivity (Wildman–Crippen MR) is 110 cm³/mol. The first-order chi connectivity index (χ1) is 16.0. The summed E-state index contributed by atoms with van der Waals surface area (Å²) in [5.41, 5.74) is 1.62. The van der Waals surface area contributed by atoms with E-state index in [1.165, 1.54) is 4.90 Å². The minimum absolute atomic E-state index is 0.0530. The Balaban J connectivity index is 1.33. The van der Waals surface area contributed by atoms with Gasteiger partial charge in [0.2, 0.25) is 11.8 Å². The molecule has 34 heavy (non-hydrogen) atoms. The van der Waals surface area contributed by atoms with Crippen LogP contribution in [0, 0.1) is 5.92 Å². The molecule has 0 spiro atoms. The lowest BCUT2D eigenvalue weighted by molar-refractivity contribution is -0.186. The number of alkyl halides is 3. The molecule has 2 saturated heterocycles. The van der Waals surface area contributed by atoms with Gasteiger partial charge in [-0.25, -0.2) is 0 Å². The van der Waals surface area contributed by atoms with E-state index in [9.17, 15) is 37.1 Å². The summed E-state index contributed by atoms with van der Waals surface area (Å²) >= 11 is 0. The monoisotopic (exact) mass is 480 g/mol. The smallest absolute Gasteiger partial charge is 0.344 e. The molecule has 0 aromatic heterocycles. The Labute approximate surface area is 192 Å². The lowest BCUT2D eigenvalue weighted by atomic mass is 9.96. The number of piperidine rings is 2. The summed E-state index contributed by atoms with van der Waals surface area (Å²) in [4.78, 5) is 63.4. The highest BCUT2D eigenvalue weighted by atomic mass is 19.4. The molecule has 2 N–H and O–H groups in total. The highest BCUT2D eigenvalue weighted by Crippen LogP contribution is 2.34. The first-order valence-electron chi connectivity index (χ1n) is 10.9. The van der Waals surface area contributed by atoms with Crippen molar-refractivity contribution in [3.05, 3.63) is 34.9 Å². The van der Waals surface area contributed by atoms with Crippen LogP contribution in [0.3, 0.4) is 0 Å². The van der Waals surface area contributed by atoms with Gasteiger partial charge >= 0.3 is 18.0 Å². The molecule has 4 rings (SSSR count). The van der Waals surface area contributed by atoms with E-state index in [1.54, 1.807) is 18.2 Å². The third kappa shape index (κ3) is 4.75. The number of hydrogen-bond acceptors (Lipinski definition) is 5. The van der Waals surface area contributed by atoms with Gasteiger partial charge in [-0.1, -0.05) is 12.1 Å². The normalized spacial score (nSPS) is 21.4. The molecule has 0 aliphatic carbocycles. The summed E-state index contributed by atoms with van der Waals surface area (Å²) in [6, 6.07) is 4.22. The molecule has 1 unspecified atom stereocenters. The van der Waals surface area contributed by atoms with Crippen molar-refractivity contribution in [3.63, 3.8) is 0 Å². The Kier molecular flexibility index (Phi) is 6.32. The molecule has 3 heterocycles. The quantitative estimate of drug-likeness (QED) is 0.492. The molecular weight excluding hydrogens is 457 g/mol. The van der Waals surface area contributed by atoms with E-state index in [2.05, 4.69) is 10.6 Å². The van der Waals surface area contributed by atoms with Gasteiger partial charge in [0.15, 0.2) is 0 Å². The van der Waals surface area contributed by atoms with Crippen molar-refractivity contribution in [2.75, 3.05) is 13.1 Å². The Morgan fingerprint density at radius 1 is 1.09 bits per heavy atom. The minimum Gasteiger partial charge on any atom is -0.344 e. The van der Waals surface area contributed by atoms with E-state index in [1.807, 2.05) is 0 Å². The van der Waals surface area contributed by atoms with Crippen LogP contribution in [0.5, 0.6) is 0 Å². The third-order valence-electron chi connectivity index (χ3n) is 6.48. The number of halogens is 3. The van der Waals surface area contributed by atoms with Crippen molar-refractivity contribution in [2.45, 2.75) is 51.0 Å². The lowest BCUT2D eigenvalue weighted by Crippen LogP contribution is -2.52. The van der Waals surface area contributed by atoms with Gasteiger partial charge in [0.05, 0.1) is 5.92 Å². The number of nitrogens with zero attached hydrogens (tertiary/aromatic N) is 2. The molecule has 12 heteroatoms. The van der Waals surface area contributed by atoms with Gasteiger partial charge < -0.3 is 15.1 Å². The van der Waals surface area contributed by atoms with Crippen LogP contribution in [0.1, 0.15) is 47.2 Å². The molecule has 0 bridgehead atoms. The summed E-state index contributed by atoms with van der Waals surface area (Å²) < 4.78 is 38.3. The van der Waals surface area contributed by atoms with Crippen molar-refractivity contribution < 1.29 is 37.1 Å². The number of carbonyl (C=O) groups excluding carboxylic acids is 5. The predicted octanol–water partition coefficient (Wildman–Crippen LogP) is 0.865. The van der Waals surface area contributed by atoms with Crippen molar-refractivity contribution >= 4 is 29.5 Å². The Morgan fingerprint density at radius 2 is 1.79 bits per heavy atom. The Hall–Kier alpha value is -3.44. The first kappa shape index (κ1) is 23.7. The van der Waals surface area contributed by atoms with Gasteiger partial charge in [-0.3, -0.25) is 29.3 Å². The summed E-state index contributed by atoms with van der Waals surface area (Å²) in [6.45, 7) is -0.109. The molecule has 0 saturated carbocycles. The molecular formula is C22H23F3N4O5. The van der Waals surface area contributed by atoms with E-state index in [0.29, 0.717) is 16.7 Å². The van der Waals surface area contributed by atoms with Crippen LogP contribution in [-0.4, -0.2) is 64.6 Å². The van der Waals surface area contributed by atoms with E-state index in [4.69, 9.17) is 0 Å². The molecule has 5 amide bonds. The molecule has 1 atom stereocenters. The molecule has 1 aromatic carbocycles. The number of imide groups is 1. The molecule has 0 radical (unpaired) electrons. The van der Waals surface area contributed by atoms with Crippen molar-refractivity contribution in [1.82, 2.24) is 20.4 Å². The standard InChI is InChI=1S/C22H23F3N4O5/c23-22(24,25)14-5-7-28(8-6-14)21(34)19(32)26-10-12-1-2-13-11-29(20(33)15(13)9-12)16-3-4-17(30)27-18(16)31/h1-2,9,14,16H,3-8,10-11H2,(H,26,32)(H,27,30,31). The van der Waals surface area contributed by atoms with Crippen LogP contribution in [0.15, 0.2) is 18.2 Å². The Bertz CT molecular complexity index is 1050. The van der Waals surface area contributed by atoms with Crippen molar-refractivity contribution in [1.29, 1.82) is 0 Å². The Morgan fingerprint density at radius 3 is 2.44 bits per heavy atom. The number of benzene rings is 1. The van der Waals surface area contributed by atoms with Crippen LogP contribution < -0.4 is 10.6 Å². The fraction of sp³-hybridized carbons (Fsp3) is 0.500. The zero-order valence-corrected chi connectivity index (χ0v) is 18.1. The van der Waals surface area contributed by atoms with Gasteiger partial charge in [0.25, 0.3) is 5.91 Å². The fourth-order valence-electron chi connectivity index (χ4n) is 4.52. The van der Waals surface area contributed by atoms with Crippen molar-refractivity contribution in [3.8, 4) is 0 Å². The number of fused-ring (bicyclic) bond motifs is 1. The van der Waals surface area contributed by atoms with Crippen LogP contribution in [0.2, 0.25) is 0 Å². The van der Waals surface area contributed by atoms with Gasteiger partial charge in [0.1, 0.15) is 6.04 Å². The zero-order chi connectivity index (χ0) is 24.6. The maximum absolute atomic E-state index is 12.9. The van der Waals surface area contributed by atoms with Crippen LogP contribution in [0.4, 0.5) is 13.2 Å². The minimum atomic E-state index is -4.31. The average Bonchev–Trinajstić information content (AvgIpc) is 3.12. The number of likely N-dealkylation sites (tertiary alicyclic amines) is 1. The summed E-state index contributed by atoms with van der Waals surface area (Å²) in [7, 11) is 0. The van der Waals surface area contributed by atoms with Gasteiger partial charge in [0, 0.05) is 38.2 Å². The van der Waals surface area contributed by atoms with Crippen LogP contribution >= 0.6 is 0 Å². The maximum Gasteiger partial charge on any atom is 0.391 e. The molecule has 2 fully saturated rings. The number of amides is 5. The van der Waals surface area contributed by atoms with Crippen LogP contribution in [-0.2, 0) is 32.3 Å². The second kappa shape index (κ2) is 9.07. The van der Waals surface area contributed by atoms with E-state index >= 15 is 0 Å². The van der Waals surface area contributed by atoms with E-state index in [-0.39, 0.29) is 63.7 Å². The highest BCUT2D eigenvalue weighted by molar-refractivity contribution is 6.35. The topological polar surface area (TPSA) is 116 Å². The number of nitrogens with one attached hydrogen (secondary N) is 2. The molecule has 3 aliphatic heterocycles. The number of hydrogen-bond donors (Lipinski definition) is 2. The molecule has 3 aliphatic rings. The SMILES string of the molecule is O=C1CCC(N2Cc3ccc(CNC(=O)C(=O)N4CCC(C(F)(F)F)CC4)cc3C2=O)C(=O)N1. The lowest BCUT2D eigenvalue weighted by Gasteiger charge is -2.32. The zero-order valence-electron chi connectivity index (χ0n) is 18.1. The highest BCUT2D eigenvalue weighted by Gasteiger charge is 2.42. The van der Waals surface area contributed by atoms with E-state index in [0.717, 1.165) is 4.90 Å². The van der Waals surface area contributed by atoms with Crippen LogP contribution in [0.25, 0.3) is 0 Å². The van der Waals surface area contributed by atoms with Crippen molar-refractivity contribution in [2.24, 2.45) is 5.92 Å². The van der Waals surface area contributed by atoms with E-state index < -0.39 is 35.9 Å². The summed E-state index contributed by atoms with van der Waals surface area (Å²) in [6.07, 6.45) is -4.39. The summed E-state index contributed by atoms with van der Waals surface area (Å²) in [5, 5.41) is 4.69. The molecule has 9 nitrogen and oxygen atoms in total. The maximum atomic E-state index is 12.9.